The van der Waals surface area contributed by atoms with E-state index < -0.39 is 10.0 Å². The second kappa shape index (κ2) is 8.34. The third-order valence-electron chi connectivity index (χ3n) is 2.82. The summed E-state index contributed by atoms with van der Waals surface area (Å²) in [5.74, 6) is 1.44. The lowest BCUT2D eigenvalue weighted by atomic mass is 10.2. The van der Waals surface area contributed by atoms with Crippen LogP contribution in [0.15, 0.2) is 0 Å². The fourth-order valence-electron chi connectivity index (χ4n) is 1.82. The molecule has 6 heteroatoms. The molecule has 1 unspecified atom stereocenters. The molecule has 0 aromatic carbocycles. The van der Waals surface area contributed by atoms with E-state index in [4.69, 9.17) is 0 Å². The first kappa shape index (κ1) is 15.3. The van der Waals surface area contributed by atoms with Gasteiger partial charge >= 0.3 is 0 Å². The highest BCUT2D eigenvalue weighted by molar-refractivity contribution is 8.00. The van der Waals surface area contributed by atoms with Crippen molar-refractivity contribution < 1.29 is 8.42 Å². The minimum atomic E-state index is -3.05. The molecule has 1 fully saturated rings. The van der Waals surface area contributed by atoms with Gasteiger partial charge in [0.15, 0.2) is 0 Å². The molecule has 0 radical (unpaired) electrons. The standard InChI is InChI=1S/C11H24N2O2S2/c1-2-12-7-3-4-9-17(14,15)13-10-11-6-5-8-16-11/h11-13H,2-10H2,1H3. The highest BCUT2D eigenvalue weighted by atomic mass is 32.2. The number of unbranched alkanes of at least 4 members (excludes halogenated alkanes) is 1. The molecule has 1 heterocycles. The van der Waals surface area contributed by atoms with Crippen molar-refractivity contribution in [2.24, 2.45) is 0 Å². The van der Waals surface area contributed by atoms with Crippen LogP contribution in [-0.2, 0) is 10.0 Å². The van der Waals surface area contributed by atoms with E-state index >= 15 is 0 Å². The molecule has 17 heavy (non-hydrogen) atoms. The molecule has 0 aromatic heterocycles. The molecule has 1 rings (SSSR count). The summed E-state index contributed by atoms with van der Waals surface area (Å²) in [7, 11) is -3.05. The second-order valence-corrected chi connectivity index (χ2v) is 7.70. The first-order chi connectivity index (χ1) is 8.14. The number of hydrogen-bond acceptors (Lipinski definition) is 4. The first-order valence-electron chi connectivity index (χ1n) is 6.43. The Morgan fingerprint density at radius 3 is 2.82 bits per heavy atom. The minimum Gasteiger partial charge on any atom is -0.317 e. The van der Waals surface area contributed by atoms with Gasteiger partial charge < -0.3 is 5.32 Å². The highest BCUT2D eigenvalue weighted by Gasteiger charge is 2.18. The van der Waals surface area contributed by atoms with Crippen LogP contribution >= 0.6 is 11.8 Å². The van der Waals surface area contributed by atoms with Crippen molar-refractivity contribution >= 4 is 21.8 Å². The molecule has 0 bridgehead atoms. The van der Waals surface area contributed by atoms with Crippen molar-refractivity contribution in [2.75, 3.05) is 31.1 Å². The Morgan fingerprint density at radius 2 is 2.18 bits per heavy atom. The van der Waals surface area contributed by atoms with Crippen molar-refractivity contribution in [3.8, 4) is 0 Å². The van der Waals surface area contributed by atoms with Gasteiger partial charge in [-0.3, -0.25) is 0 Å². The maximum atomic E-state index is 11.7. The smallest absolute Gasteiger partial charge is 0.211 e. The average Bonchev–Trinajstić information content (AvgIpc) is 2.79. The lowest BCUT2D eigenvalue weighted by Crippen LogP contribution is -2.32. The Kier molecular flexibility index (Phi) is 7.50. The molecule has 0 aliphatic carbocycles. The average molecular weight is 280 g/mol. The van der Waals surface area contributed by atoms with Crippen LogP contribution in [0.1, 0.15) is 32.6 Å². The van der Waals surface area contributed by atoms with Crippen LogP contribution in [-0.4, -0.2) is 44.8 Å². The van der Waals surface area contributed by atoms with Crippen LogP contribution < -0.4 is 10.0 Å². The van der Waals surface area contributed by atoms with Crippen molar-refractivity contribution in [3.63, 3.8) is 0 Å². The summed E-state index contributed by atoms with van der Waals surface area (Å²) in [4.78, 5) is 0. The fraction of sp³-hybridized carbons (Fsp3) is 1.00. The number of hydrogen-bond donors (Lipinski definition) is 2. The van der Waals surface area contributed by atoms with E-state index in [0.29, 0.717) is 11.8 Å². The normalized spacial score (nSPS) is 20.9. The third-order valence-corrected chi connectivity index (χ3v) is 5.65. The van der Waals surface area contributed by atoms with Crippen LogP contribution in [0.4, 0.5) is 0 Å². The summed E-state index contributed by atoms with van der Waals surface area (Å²) in [5, 5.41) is 3.68. The molecule has 0 amide bonds. The van der Waals surface area contributed by atoms with Crippen molar-refractivity contribution in [1.29, 1.82) is 0 Å². The predicted molar refractivity (Wildman–Crippen MR) is 75.0 cm³/mol. The van der Waals surface area contributed by atoms with Gasteiger partial charge in [0.1, 0.15) is 0 Å². The van der Waals surface area contributed by atoms with Crippen LogP contribution in [0, 0.1) is 0 Å². The van der Waals surface area contributed by atoms with Crippen molar-refractivity contribution in [1.82, 2.24) is 10.0 Å². The van der Waals surface area contributed by atoms with E-state index in [1.807, 2.05) is 11.8 Å². The summed E-state index contributed by atoms with van der Waals surface area (Å²) < 4.78 is 26.1. The van der Waals surface area contributed by atoms with Gasteiger partial charge in [0.05, 0.1) is 5.75 Å². The first-order valence-corrected chi connectivity index (χ1v) is 9.14. The van der Waals surface area contributed by atoms with Crippen LogP contribution in [0.25, 0.3) is 0 Å². The molecular weight excluding hydrogens is 256 g/mol. The van der Waals surface area contributed by atoms with Gasteiger partial charge in [-0.05, 0) is 44.5 Å². The maximum Gasteiger partial charge on any atom is 0.211 e. The SMILES string of the molecule is CCNCCCCS(=O)(=O)NCC1CCCS1. The van der Waals surface area contributed by atoms with E-state index in [1.165, 1.54) is 12.2 Å². The van der Waals surface area contributed by atoms with E-state index in [-0.39, 0.29) is 5.75 Å². The zero-order chi connectivity index (χ0) is 12.6. The Morgan fingerprint density at radius 1 is 1.35 bits per heavy atom. The van der Waals surface area contributed by atoms with E-state index in [0.717, 1.165) is 32.4 Å². The van der Waals surface area contributed by atoms with Gasteiger partial charge in [-0.1, -0.05) is 6.92 Å². The molecule has 1 saturated heterocycles. The second-order valence-electron chi connectivity index (χ2n) is 4.36. The Hall–Kier alpha value is 0.220. The molecule has 4 nitrogen and oxygen atoms in total. The van der Waals surface area contributed by atoms with Crippen molar-refractivity contribution in [3.05, 3.63) is 0 Å². The Balaban J connectivity index is 2.08. The Labute approximate surface area is 109 Å². The zero-order valence-electron chi connectivity index (χ0n) is 10.6. The largest absolute Gasteiger partial charge is 0.317 e. The molecule has 0 saturated carbocycles. The molecular formula is C11H24N2O2S2. The minimum absolute atomic E-state index is 0.260. The van der Waals surface area contributed by atoms with Crippen LogP contribution in [0.5, 0.6) is 0 Å². The quantitative estimate of drug-likeness (QED) is 0.623. The molecule has 1 aliphatic heterocycles. The molecule has 1 aliphatic rings. The van der Waals surface area contributed by atoms with Gasteiger partial charge in [-0.25, -0.2) is 13.1 Å². The van der Waals surface area contributed by atoms with Gasteiger partial charge in [-0.15, -0.1) is 0 Å². The third kappa shape index (κ3) is 7.28. The summed E-state index contributed by atoms with van der Waals surface area (Å²) in [5.41, 5.74) is 0. The molecule has 102 valence electrons. The summed E-state index contributed by atoms with van der Waals surface area (Å²) >= 11 is 1.88. The van der Waals surface area contributed by atoms with Gasteiger partial charge in [-0.2, -0.15) is 11.8 Å². The van der Waals surface area contributed by atoms with E-state index in [2.05, 4.69) is 17.0 Å². The number of thioether (sulfide) groups is 1. The lowest BCUT2D eigenvalue weighted by molar-refractivity contribution is 0.572. The monoisotopic (exact) mass is 280 g/mol. The summed E-state index contributed by atoms with van der Waals surface area (Å²) in [6.45, 7) is 4.52. The zero-order valence-corrected chi connectivity index (χ0v) is 12.2. The van der Waals surface area contributed by atoms with E-state index in [9.17, 15) is 8.42 Å². The van der Waals surface area contributed by atoms with E-state index in [1.54, 1.807) is 0 Å². The topological polar surface area (TPSA) is 58.2 Å². The number of nitrogens with one attached hydrogen (secondary N) is 2. The van der Waals surface area contributed by atoms with Gasteiger partial charge in [0.2, 0.25) is 10.0 Å². The lowest BCUT2D eigenvalue weighted by Gasteiger charge is -2.10. The maximum absolute atomic E-state index is 11.7. The summed E-state index contributed by atoms with van der Waals surface area (Å²) in [6, 6.07) is 0. The van der Waals surface area contributed by atoms with Gasteiger partial charge in [0.25, 0.3) is 0 Å². The predicted octanol–water partition coefficient (Wildman–Crippen LogP) is 1.19. The van der Waals surface area contributed by atoms with Gasteiger partial charge in [0, 0.05) is 11.8 Å². The Bertz CT molecular complexity index is 288. The molecule has 2 N–H and O–H groups in total. The molecule has 1 atom stereocenters. The fourth-order valence-corrected chi connectivity index (χ4v) is 4.31. The number of sulfonamides is 1. The highest BCUT2D eigenvalue weighted by Crippen LogP contribution is 2.25. The molecule has 0 aromatic rings. The van der Waals surface area contributed by atoms with Crippen LogP contribution in [0.2, 0.25) is 0 Å². The summed E-state index contributed by atoms with van der Waals surface area (Å²) in [6.07, 6.45) is 4.03. The van der Waals surface area contributed by atoms with Crippen molar-refractivity contribution in [2.45, 2.75) is 37.9 Å². The number of rotatable bonds is 9. The molecule has 0 spiro atoms. The van der Waals surface area contributed by atoms with Crippen LogP contribution in [0.3, 0.4) is 0 Å².